The van der Waals surface area contributed by atoms with Crippen LogP contribution in [0, 0.1) is 71.1 Å². The Hall–Kier alpha value is -5.70. The van der Waals surface area contributed by atoms with Crippen molar-refractivity contribution in [3.63, 3.8) is 0 Å². The summed E-state index contributed by atoms with van der Waals surface area (Å²) in [5.41, 5.74) is 22.8. The Balaban J connectivity index is 0.975. The first-order valence-electron chi connectivity index (χ1n) is 19.5. The SMILES string of the molecule is Cc1cc(-c2ccc(-c3ccc(CCCCCCCc4cc(C)c(-c5ccc(-c6ccc(C#N)c(C)c6)c(C)c5)c(C)c4)cc3C)cc2C)ccc1C#N. The molecule has 2 nitrogen and oxygen atoms in total. The molecular weight excluding hydrogens is 653 g/mol. The molecule has 0 fully saturated rings. The van der Waals surface area contributed by atoms with Crippen molar-refractivity contribution in [1.29, 1.82) is 10.5 Å². The van der Waals surface area contributed by atoms with Crippen molar-refractivity contribution in [3.8, 4) is 56.6 Å². The highest BCUT2D eigenvalue weighted by molar-refractivity contribution is 5.78. The molecular formula is C52H52N2. The molecule has 6 aromatic carbocycles. The van der Waals surface area contributed by atoms with Gasteiger partial charge in [-0.1, -0.05) is 110 Å². The highest BCUT2D eigenvalue weighted by Gasteiger charge is 2.12. The van der Waals surface area contributed by atoms with Gasteiger partial charge in [0.15, 0.2) is 0 Å². The van der Waals surface area contributed by atoms with E-state index in [1.165, 1.54) is 104 Å². The molecule has 0 aliphatic carbocycles. The van der Waals surface area contributed by atoms with Crippen LogP contribution in [0.25, 0.3) is 44.5 Å². The van der Waals surface area contributed by atoms with Gasteiger partial charge in [-0.3, -0.25) is 0 Å². The smallest absolute Gasteiger partial charge is 0.0994 e. The van der Waals surface area contributed by atoms with Crippen LogP contribution >= 0.6 is 0 Å². The van der Waals surface area contributed by atoms with Crippen LogP contribution in [0.3, 0.4) is 0 Å². The zero-order valence-electron chi connectivity index (χ0n) is 33.2. The molecule has 0 saturated carbocycles. The Kier molecular flexibility index (Phi) is 12.0. The van der Waals surface area contributed by atoms with Crippen LogP contribution in [0.5, 0.6) is 0 Å². The molecule has 0 amide bonds. The lowest BCUT2D eigenvalue weighted by Gasteiger charge is -2.16. The minimum Gasteiger partial charge on any atom is -0.192 e. The molecule has 0 aliphatic heterocycles. The average molecular weight is 705 g/mol. The molecule has 0 N–H and O–H groups in total. The third-order valence-corrected chi connectivity index (χ3v) is 11.2. The van der Waals surface area contributed by atoms with Gasteiger partial charge in [0.1, 0.15) is 0 Å². The maximum Gasteiger partial charge on any atom is 0.0994 e. The zero-order valence-corrected chi connectivity index (χ0v) is 33.2. The van der Waals surface area contributed by atoms with E-state index in [4.69, 9.17) is 0 Å². The topological polar surface area (TPSA) is 47.6 Å². The number of hydrogen-bond donors (Lipinski definition) is 0. The van der Waals surface area contributed by atoms with Crippen LogP contribution in [0.1, 0.15) is 93.3 Å². The summed E-state index contributed by atoms with van der Waals surface area (Å²) in [6.07, 6.45) is 8.54. The Morgan fingerprint density at radius 2 is 0.722 bits per heavy atom. The largest absolute Gasteiger partial charge is 0.192 e. The first-order valence-corrected chi connectivity index (χ1v) is 19.5. The van der Waals surface area contributed by atoms with Crippen molar-refractivity contribution in [2.75, 3.05) is 0 Å². The van der Waals surface area contributed by atoms with Crippen LogP contribution in [-0.2, 0) is 12.8 Å². The Labute approximate surface area is 323 Å². The van der Waals surface area contributed by atoms with Gasteiger partial charge < -0.3 is 0 Å². The standard InChI is InChI=1S/C52H52N2/c1-34-28-43(16-18-47(34)32-53)50-23-20-45(30-37(50)4)49-22-15-41(25-36(49)3)13-11-9-8-10-12-14-42-26-39(6)52(40(7)27-42)46-21-24-51(38(5)31-46)44-17-19-48(33-54)35(2)29-44/h15-31H,8-14H2,1-7H3. The number of nitrogens with zero attached hydrogens (tertiary/aromatic N) is 2. The van der Waals surface area contributed by atoms with Crippen LogP contribution in [0.4, 0.5) is 0 Å². The number of rotatable bonds is 12. The number of aryl methyl sites for hydroxylation is 9. The monoisotopic (exact) mass is 704 g/mol. The molecule has 0 saturated heterocycles. The normalized spacial score (nSPS) is 11.0. The van der Waals surface area contributed by atoms with E-state index in [0.29, 0.717) is 0 Å². The molecule has 270 valence electrons. The van der Waals surface area contributed by atoms with Gasteiger partial charge in [0.25, 0.3) is 0 Å². The highest BCUT2D eigenvalue weighted by Crippen LogP contribution is 2.35. The first-order chi connectivity index (χ1) is 26.1. The lowest BCUT2D eigenvalue weighted by atomic mass is 9.89. The summed E-state index contributed by atoms with van der Waals surface area (Å²) in [7, 11) is 0. The van der Waals surface area contributed by atoms with Crippen LogP contribution in [0.2, 0.25) is 0 Å². The fourth-order valence-corrected chi connectivity index (χ4v) is 8.26. The summed E-state index contributed by atoms with van der Waals surface area (Å²) >= 11 is 0. The first kappa shape index (κ1) is 38.0. The fraction of sp³-hybridized carbons (Fsp3) is 0.269. The molecule has 0 aliphatic rings. The lowest BCUT2D eigenvalue weighted by Crippen LogP contribution is -1.95. The van der Waals surface area contributed by atoms with Crippen molar-refractivity contribution in [2.24, 2.45) is 0 Å². The van der Waals surface area contributed by atoms with Crippen molar-refractivity contribution < 1.29 is 0 Å². The van der Waals surface area contributed by atoms with Gasteiger partial charge in [-0.05, 0) is 181 Å². The van der Waals surface area contributed by atoms with Gasteiger partial charge in [-0.2, -0.15) is 10.5 Å². The summed E-state index contributed by atoms with van der Waals surface area (Å²) in [4.78, 5) is 0. The third kappa shape index (κ3) is 8.57. The van der Waals surface area contributed by atoms with Gasteiger partial charge in [0, 0.05) is 0 Å². The molecule has 0 bridgehead atoms. The molecule has 6 aromatic rings. The second kappa shape index (κ2) is 17.0. The molecule has 0 radical (unpaired) electrons. The van der Waals surface area contributed by atoms with E-state index < -0.39 is 0 Å². The highest BCUT2D eigenvalue weighted by atomic mass is 14.2. The second-order valence-electron chi connectivity index (χ2n) is 15.4. The van der Waals surface area contributed by atoms with Crippen molar-refractivity contribution in [1.82, 2.24) is 0 Å². The molecule has 0 heterocycles. The number of nitriles is 2. The van der Waals surface area contributed by atoms with E-state index in [-0.39, 0.29) is 0 Å². The predicted octanol–water partition coefficient (Wildman–Crippen LogP) is 14.0. The molecule has 6 rings (SSSR count). The van der Waals surface area contributed by atoms with Gasteiger partial charge in [0.2, 0.25) is 0 Å². The van der Waals surface area contributed by atoms with E-state index in [1.54, 1.807) is 0 Å². The van der Waals surface area contributed by atoms with Crippen LogP contribution in [-0.4, -0.2) is 0 Å². The quantitative estimate of drug-likeness (QED) is 0.119. The van der Waals surface area contributed by atoms with Crippen LogP contribution in [0.15, 0.2) is 103 Å². The minimum absolute atomic E-state index is 0.735. The molecule has 0 atom stereocenters. The number of unbranched alkanes of at least 4 members (excludes halogenated alkanes) is 4. The predicted molar refractivity (Wildman–Crippen MR) is 228 cm³/mol. The van der Waals surface area contributed by atoms with E-state index in [1.807, 2.05) is 26.0 Å². The maximum atomic E-state index is 9.32. The molecule has 0 spiro atoms. The lowest BCUT2D eigenvalue weighted by molar-refractivity contribution is 0.613. The molecule has 2 heteroatoms. The van der Waals surface area contributed by atoms with Gasteiger partial charge in [0.05, 0.1) is 23.3 Å². The zero-order chi connectivity index (χ0) is 38.4. The Morgan fingerprint density at radius 1 is 0.352 bits per heavy atom. The van der Waals surface area contributed by atoms with Gasteiger partial charge >= 0.3 is 0 Å². The fourth-order valence-electron chi connectivity index (χ4n) is 8.26. The molecule has 0 unspecified atom stereocenters. The number of hydrogen-bond acceptors (Lipinski definition) is 2. The minimum atomic E-state index is 0.735. The Bertz CT molecular complexity index is 2390. The van der Waals surface area contributed by atoms with Crippen molar-refractivity contribution >= 4 is 0 Å². The van der Waals surface area contributed by atoms with Crippen LogP contribution < -0.4 is 0 Å². The third-order valence-electron chi connectivity index (χ3n) is 11.2. The Morgan fingerprint density at radius 3 is 1.19 bits per heavy atom. The van der Waals surface area contributed by atoms with E-state index >= 15 is 0 Å². The molecule has 0 aromatic heterocycles. The maximum absolute atomic E-state index is 9.32. The summed E-state index contributed by atoms with van der Waals surface area (Å²) in [6.45, 7) is 15.1. The van der Waals surface area contributed by atoms with Gasteiger partial charge in [-0.15, -0.1) is 0 Å². The number of benzene rings is 6. The summed E-state index contributed by atoms with van der Waals surface area (Å²) in [6, 6.07) is 42.1. The van der Waals surface area contributed by atoms with Crippen molar-refractivity contribution in [2.45, 2.75) is 93.4 Å². The average Bonchev–Trinajstić information content (AvgIpc) is 3.14. The molecule has 54 heavy (non-hydrogen) atoms. The summed E-state index contributed by atoms with van der Waals surface area (Å²) < 4.78 is 0. The summed E-state index contributed by atoms with van der Waals surface area (Å²) in [5.74, 6) is 0. The van der Waals surface area contributed by atoms with E-state index in [9.17, 15) is 10.5 Å². The van der Waals surface area contributed by atoms with Crippen molar-refractivity contribution in [3.05, 3.63) is 164 Å². The second-order valence-corrected chi connectivity index (χ2v) is 15.4. The van der Waals surface area contributed by atoms with E-state index in [2.05, 4.69) is 138 Å². The summed E-state index contributed by atoms with van der Waals surface area (Å²) in [5, 5.41) is 18.6. The van der Waals surface area contributed by atoms with Gasteiger partial charge in [-0.25, -0.2) is 0 Å². The van der Waals surface area contributed by atoms with E-state index in [0.717, 1.165) is 46.2 Å².